The minimum absolute atomic E-state index is 0.0321. The molecule has 1 unspecified atom stereocenters. The highest BCUT2D eigenvalue weighted by Gasteiger charge is 2.57. The third kappa shape index (κ3) is 9.57. The van der Waals surface area contributed by atoms with Crippen LogP contribution in [0.15, 0.2) is 30.3 Å². The highest BCUT2D eigenvalue weighted by Crippen LogP contribution is 2.40. The molecule has 2 N–H and O–H groups in total. The van der Waals surface area contributed by atoms with E-state index in [-0.39, 0.29) is 30.8 Å². The van der Waals surface area contributed by atoms with E-state index in [2.05, 4.69) is 27.8 Å². The summed E-state index contributed by atoms with van der Waals surface area (Å²) < 4.78 is 31.2. The van der Waals surface area contributed by atoms with Gasteiger partial charge in [-0.15, -0.1) is 0 Å². The predicted octanol–water partition coefficient (Wildman–Crippen LogP) is 5.38. The molecule has 0 saturated carbocycles. The van der Waals surface area contributed by atoms with Crippen molar-refractivity contribution in [3.8, 4) is 0 Å². The van der Waals surface area contributed by atoms with Gasteiger partial charge in [0.1, 0.15) is 29.5 Å². The van der Waals surface area contributed by atoms with Gasteiger partial charge < -0.3 is 33.9 Å². The van der Waals surface area contributed by atoms with Crippen molar-refractivity contribution in [2.45, 2.75) is 148 Å². The lowest BCUT2D eigenvalue weighted by molar-refractivity contribution is -0.258. The summed E-state index contributed by atoms with van der Waals surface area (Å²) in [6, 6.07) is 9.56. The van der Waals surface area contributed by atoms with Crippen LogP contribution in [-0.2, 0) is 38.1 Å². The topological polar surface area (TPSA) is 162 Å². The quantitative estimate of drug-likeness (QED) is 0.207. The zero-order valence-corrected chi connectivity index (χ0v) is 34.9. The molecule has 0 radical (unpaired) electrons. The van der Waals surface area contributed by atoms with Gasteiger partial charge in [-0.3, -0.25) is 19.8 Å². The first-order chi connectivity index (χ1) is 26.4. The van der Waals surface area contributed by atoms with Crippen molar-refractivity contribution in [2.75, 3.05) is 27.2 Å². The van der Waals surface area contributed by atoms with Gasteiger partial charge >= 0.3 is 18.2 Å². The highest BCUT2D eigenvalue weighted by atomic mass is 16.7. The molecular weight excluding hydrogens is 720 g/mol. The number of hydrazine groups is 1. The van der Waals surface area contributed by atoms with Crippen LogP contribution in [0, 0.1) is 23.7 Å². The van der Waals surface area contributed by atoms with Crippen LogP contribution < -0.4 is 10.7 Å². The molecular formula is C42H64N4O10. The van der Waals surface area contributed by atoms with Gasteiger partial charge in [0.25, 0.3) is 0 Å². The van der Waals surface area contributed by atoms with E-state index in [1.54, 1.807) is 41.5 Å². The molecule has 0 spiro atoms. The summed E-state index contributed by atoms with van der Waals surface area (Å²) in [6.07, 6.45) is -1.37. The Morgan fingerprint density at radius 1 is 0.964 bits per heavy atom. The Kier molecular flexibility index (Phi) is 13.9. The van der Waals surface area contributed by atoms with Crippen LogP contribution in [0.1, 0.15) is 105 Å². The van der Waals surface area contributed by atoms with Gasteiger partial charge in [-0.05, 0) is 85.4 Å². The van der Waals surface area contributed by atoms with E-state index in [0.717, 1.165) is 19.3 Å². The number of nitrogens with one attached hydrogen (secondary N) is 2. The Labute approximate surface area is 332 Å². The Balaban J connectivity index is 1.49. The van der Waals surface area contributed by atoms with Crippen molar-refractivity contribution in [3.63, 3.8) is 0 Å². The van der Waals surface area contributed by atoms with Crippen LogP contribution in [0.25, 0.3) is 0 Å². The van der Waals surface area contributed by atoms with Crippen molar-refractivity contribution < 1.29 is 47.7 Å². The van der Waals surface area contributed by atoms with Crippen LogP contribution in [0.2, 0.25) is 0 Å². The third-order valence-electron chi connectivity index (χ3n) is 12.7. The molecule has 1 aromatic carbocycles. The summed E-state index contributed by atoms with van der Waals surface area (Å²) in [6.45, 7) is 14.9. The van der Waals surface area contributed by atoms with Gasteiger partial charge in [0.05, 0.1) is 12.1 Å². The minimum atomic E-state index is -1.59. The molecule has 14 heteroatoms. The van der Waals surface area contributed by atoms with Crippen molar-refractivity contribution in [2.24, 2.45) is 23.7 Å². The second-order valence-corrected chi connectivity index (χ2v) is 17.2. The number of esters is 1. The maximum absolute atomic E-state index is 14.4. The fourth-order valence-electron chi connectivity index (χ4n) is 9.44. The Morgan fingerprint density at radius 2 is 1.62 bits per heavy atom. The number of benzene rings is 1. The van der Waals surface area contributed by atoms with E-state index >= 15 is 0 Å². The van der Waals surface area contributed by atoms with Gasteiger partial charge in [-0.2, -0.15) is 0 Å². The first-order valence-electron chi connectivity index (χ1n) is 20.4. The van der Waals surface area contributed by atoms with Crippen LogP contribution >= 0.6 is 0 Å². The summed E-state index contributed by atoms with van der Waals surface area (Å²) in [4.78, 5) is 71.6. The molecule has 4 saturated heterocycles. The zero-order chi connectivity index (χ0) is 41.1. The molecule has 4 aliphatic heterocycles. The van der Waals surface area contributed by atoms with Gasteiger partial charge in [0.15, 0.2) is 17.7 Å². The lowest BCUT2D eigenvalue weighted by Crippen LogP contribution is -2.59. The van der Waals surface area contributed by atoms with E-state index in [0.29, 0.717) is 25.4 Å². The predicted molar refractivity (Wildman–Crippen MR) is 207 cm³/mol. The number of carbonyl (C=O) groups excluding carboxylic acids is 5. The summed E-state index contributed by atoms with van der Waals surface area (Å²) >= 11 is 0. The van der Waals surface area contributed by atoms with Crippen LogP contribution in [0.5, 0.6) is 0 Å². The summed E-state index contributed by atoms with van der Waals surface area (Å²) in [5.41, 5.74) is 1.19. The van der Waals surface area contributed by atoms with Gasteiger partial charge in [0, 0.05) is 43.3 Å². The van der Waals surface area contributed by atoms with Crippen molar-refractivity contribution in [3.05, 3.63) is 35.9 Å². The highest BCUT2D eigenvalue weighted by molar-refractivity contribution is 6.00. The van der Waals surface area contributed by atoms with Crippen molar-refractivity contribution >= 4 is 29.7 Å². The summed E-state index contributed by atoms with van der Waals surface area (Å²) in [5, 5.41) is 4.62. The first-order valence-corrected chi connectivity index (χ1v) is 20.4. The normalized spacial score (nSPS) is 38.2. The zero-order valence-electron chi connectivity index (χ0n) is 34.9. The second kappa shape index (κ2) is 17.9. The number of rotatable bonds is 7. The largest absolute Gasteiger partial charge is 0.458 e. The number of ether oxygens (including phenoxy) is 5. The maximum atomic E-state index is 14.4. The molecule has 12 atom stereocenters. The molecule has 0 aromatic heterocycles. The smallest absolute Gasteiger partial charge is 0.422 e. The number of fused-ring (bicyclic) bond motifs is 1. The molecule has 1 aromatic rings. The number of hydrogen-bond donors (Lipinski definition) is 2. The van der Waals surface area contributed by atoms with Crippen molar-refractivity contribution in [1.82, 2.24) is 20.7 Å². The fourth-order valence-corrected chi connectivity index (χ4v) is 9.44. The molecule has 4 aliphatic rings. The number of carbonyl (C=O) groups is 5. The van der Waals surface area contributed by atoms with Gasteiger partial charge in [-0.1, -0.05) is 58.0 Å². The maximum Gasteiger partial charge on any atom is 0.422 e. The molecule has 56 heavy (non-hydrogen) atoms. The molecule has 4 heterocycles. The molecule has 14 nitrogen and oxygen atoms in total. The first kappa shape index (κ1) is 43.5. The molecule has 312 valence electrons. The number of cyclic esters (lactones) is 1. The number of nitrogens with zero attached hydrogens (tertiary/aromatic N) is 2. The molecule has 2 amide bonds. The van der Waals surface area contributed by atoms with E-state index in [9.17, 15) is 24.0 Å². The lowest BCUT2D eigenvalue weighted by atomic mass is 9.73. The summed E-state index contributed by atoms with van der Waals surface area (Å²) in [7, 11) is 3.98. The molecule has 0 aliphatic carbocycles. The Bertz CT molecular complexity index is 1570. The van der Waals surface area contributed by atoms with Crippen molar-refractivity contribution in [1.29, 1.82) is 0 Å². The standard InChI is InChI=1S/C42H64N4O10/c1-11-32-42(8)36(43-39(50)56-42)26(4)34(47)24(2)23-41(7,55-40(51)44-46-19-17-30(18-20-46)29-15-13-12-14-16-29)37(27(5)35(48)28(6)38(49)53-32)54-33-22-31(45(9)10)21-25(3)52-33/h12-16,24-28,30-33,36-37H,11,17-23H2,1-10H3,(H,43,50)(H,44,51)/t24-,25-,26+,27+,28?,31+,32-,33+,36-,37-,41-,42-/m1/s1. The van der Waals surface area contributed by atoms with E-state index in [1.807, 2.05) is 44.2 Å². The average Bonchev–Trinajstić information content (AvgIpc) is 3.48. The minimum Gasteiger partial charge on any atom is -0.458 e. The van der Waals surface area contributed by atoms with Crippen LogP contribution in [-0.4, -0.2) is 115 Å². The second-order valence-electron chi connectivity index (χ2n) is 17.2. The Hall–Kier alpha value is -3.59. The van der Waals surface area contributed by atoms with E-state index < -0.39 is 83.4 Å². The molecule has 5 rings (SSSR count). The molecule has 4 fully saturated rings. The lowest BCUT2D eigenvalue weighted by Gasteiger charge is -2.45. The number of amides is 2. The SMILES string of the molecule is CC[C@H]1OC(=O)C(C)C(=O)[C@H](C)[C@@H](O[C@H]2C[C@@H](N(C)C)C[C@@H](C)O2)[C@](C)(OC(=O)NN2CCC(c3ccccc3)CC2)C[C@@H](C)C(=O)[C@H](C)[C@H]2NC(=O)O[C@@]21C. The number of hydrogen-bond acceptors (Lipinski definition) is 12. The van der Waals surface area contributed by atoms with Gasteiger partial charge in [0.2, 0.25) is 0 Å². The third-order valence-corrected chi connectivity index (χ3v) is 12.7. The monoisotopic (exact) mass is 784 g/mol. The van der Waals surface area contributed by atoms with E-state index in [4.69, 9.17) is 23.7 Å². The Morgan fingerprint density at radius 3 is 2.25 bits per heavy atom. The number of ketones is 2. The van der Waals surface area contributed by atoms with Crippen LogP contribution in [0.3, 0.4) is 0 Å². The number of piperidine rings is 1. The van der Waals surface area contributed by atoms with Crippen LogP contribution in [0.4, 0.5) is 9.59 Å². The number of Topliss-reactive ketones (excluding diaryl/α,β-unsaturated/α-hetero) is 2. The molecule has 0 bridgehead atoms. The van der Waals surface area contributed by atoms with Gasteiger partial charge in [-0.25, -0.2) is 14.6 Å². The average molecular weight is 785 g/mol. The fraction of sp³-hybridized carbons (Fsp3) is 0.738. The number of alkyl carbamates (subject to hydrolysis) is 1. The van der Waals surface area contributed by atoms with E-state index in [1.165, 1.54) is 12.5 Å². The summed E-state index contributed by atoms with van der Waals surface area (Å²) in [5.74, 6) is -4.96.